The minimum absolute atomic E-state index is 0.104. The minimum atomic E-state index is -4.95. The van der Waals surface area contributed by atoms with Gasteiger partial charge in [0.25, 0.3) is 0 Å². The highest BCUT2D eigenvalue weighted by Gasteiger charge is 2.30. The summed E-state index contributed by atoms with van der Waals surface area (Å²) in [5, 5.41) is 10.6. The summed E-state index contributed by atoms with van der Waals surface area (Å²) in [6.45, 7) is 7.19. The second-order valence-corrected chi connectivity index (χ2v) is 29.7. The number of hydrogen-bond acceptors (Lipinski definition) is 15. The van der Waals surface area contributed by atoms with Crippen molar-refractivity contribution in [2.24, 2.45) is 5.92 Å². The minimum Gasteiger partial charge on any atom is -0.462 e. The molecule has 0 amide bonds. The zero-order chi connectivity index (χ0) is 67.7. The van der Waals surface area contributed by atoms with Gasteiger partial charge in [0.1, 0.15) is 19.3 Å². The van der Waals surface area contributed by atoms with E-state index >= 15 is 0 Å². The normalized spacial score (nSPS) is 14.0. The monoisotopic (exact) mass is 1350 g/mol. The number of carbonyl (C=O) groups excluding carboxylic acids is 4. The average Bonchev–Trinajstić information content (AvgIpc) is 1.86. The Morgan fingerprint density at radius 2 is 0.500 bits per heavy atom. The van der Waals surface area contributed by atoms with E-state index in [9.17, 15) is 43.2 Å². The Morgan fingerprint density at radius 1 is 0.293 bits per heavy atom. The summed E-state index contributed by atoms with van der Waals surface area (Å²) in [7, 11) is -9.90. The first-order valence-corrected chi connectivity index (χ1v) is 41.1. The van der Waals surface area contributed by atoms with Crippen molar-refractivity contribution in [3.8, 4) is 0 Å². The van der Waals surface area contributed by atoms with Crippen molar-refractivity contribution in [2.45, 2.75) is 400 Å². The predicted octanol–water partition coefficient (Wildman–Crippen LogP) is 21.3. The molecule has 0 fully saturated rings. The predicted molar refractivity (Wildman–Crippen MR) is 372 cm³/mol. The van der Waals surface area contributed by atoms with Crippen LogP contribution in [0.5, 0.6) is 0 Å². The van der Waals surface area contributed by atoms with Crippen LogP contribution in [0, 0.1) is 5.92 Å². The highest BCUT2D eigenvalue weighted by Crippen LogP contribution is 2.45. The van der Waals surface area contributed by atoms with E-state index in [1.165, 1.54) is 205 Å². The van der Waals surface area contributed by atoms with E-state index in [1.807, 2.05) is 0 Å². The molecule has 0 aliphatic carbocycles. The molecule has 19 heteroatoms. The van der Waals surface area contributed by atoms with Gasteiger partial charge in [-0.1, -0.05) is 330 Å². The fourth-order valence-electron chi connectivity index (χ4n) is 11.2. The number of ether oxygens (including phenoxy) is 4. The Kier molecular flexibility index (Phi) is 64.9. The number of unbranched alkanes of at least 4 members (excludes halogenated alkanes) is 45. The zero-order valence-electron chi connectivity index (χ0n) is 59.7. The lowest BCUT2D eigenvalue weighted by Gasteiger charge is -2.21. The fraction of sp³-hybridized carbons (Fsp3) is 0.945. The molecule has 0 aromatic heterocycles. The van der Waals surface area contributed by atoms with E-state index in [0.29, 0.717) is 31.6 Å². The summed E-state index contributed by atoms with van der Waals surface area (Å²) in [5.74, 6) is -1.43. The smallest absolute Gasteiger partial charge is 0.462 e. The molecule has 0 aliphatic heterocycles. The summed E-state index contributed by atoms with van der Waals surface area (Å²) in [6, 6.07) is 0. The van der Waals surface area contributed by atoms with Gasteiger partial charge in [-0.2, -0.15) is 0 Å². The highest BCUT2D eigenvalue weighted by molar-refractivity contribution is 7.47. The third kappa shape index (κ3) is 66.7. The Balaban J connectivity index is 5.20. The molecular weight excluding hydrogens is 1210 g/mol. The van der Waals surface area contributed by atoms with Crippen LogP contribution in [0.4, 0.5) is 0 Å². The Bertz CT molecular complexity index is 1770. The molecule has 0 rings (SSSR count). The molecular formula is C73H142O17P2. The fourth-order valence-corrected chi connectivity index (χ4v) is 12.8. The molecule has 92 heavy (non-hydrogen) atoms. The van der Waals surface area contributed by atoms with E-state index in [1.54, 1.807) is 0 Å². The van der Waals surface area contributed by atoms with Crippen LogP contribution in [0.1, 0.15) is 381 Å². The van der Waals surface area contributed by atoms with Crippen LogP contribution in [-0.4, -0.2) is 96.7 Å². The number of hydrogen-bond donors (Lipinski definition) is 3. The maximum atomic E-state index is 13.1. The second-order valence-electron chi connectivity index (χ2n) is 26.8. The molecule has 546 valence electrons. The molecule has 0 heterocycles. The second kappa shape index (κ2) is 66.3. The Morgan fingerprint density at radius 3 is 0.739 bits per heavy atom. The van der Waals surface area contributed by atoms with Crippen molar-refractivity contribution < 1.29 is 80.2 Å². The van der Waals surface area contributed by atoms with Gasteiger partial charge in [0.15, 0.2) is 12.2 Å². The van der Waals surface area contributed by atoms with Crippen LogP contribution in [0.2, 0.25) is 0 Å². The first kappa shape index (κ1) is 90.1. The molecule has 17 nitrogen and oxygen atoms in total. The Hall–Kier alpha value is -1.94. The van der Waals surface area contributed by atoms with Gasteiger partial charge < -0.3 is 33.8 Å². The van der Waals surface area contributed by atoms with Crippen LogP contribution < -0.4 is 0 Å². The van der Waals surface area contributed by atoms with Crippen molar-refractivity contribution in [1.82, 2.24) is 0 Å². The number of esters is 4. The lowest BCUT2D eigenvalue weighted by atomic mass is 10.0. The van der Waals surface area contributed by atoms with Crippen molar-refractivity contribution in [2.75, 3.05) is 39.6 Å². The molecule has 0 spiro atoms. The molecule has 3 N–H and O–H groups in total. The molecule has 0 aliphatic rings. The van der Waals surface area contributed by atoms with Gasteiger partial charge in [0, 0.05) is 25.7 Å². The number of aliphatic hydroxyl groups is 1. The van der Waals surface area contributed by atoms with Crippen LogP contribution >= 0.6 is 15.6 Å². The molecule has 0 bridgehead atoms. The van der Waals surface area contributed by atoms with Crippen molar-refractivity contribution in [3.05, 3.63) is 0 Å². The average molecular weight is 1350 g/mol. The first-order valence-electron chi connectivity index (χ1n) is 38.1. The number of phosphoric ester groups is 2. The van der Waals surface area contributed by atoms with E-state index in [2.05, 4.69) is 34.6 Å². The lowest BCUT2D eigenvalue weighted by Crippen LogP contribution is -2.30. The molecule has 0 saturated carbocycles. The van der Waals surface area contributed by atoms with Crippen LogP contribution in [0.3, 0.4) is 0 Å². The van der Waals surface area contributed by atoms with Gasteiger partial charge in [-0.3, -0.25) is 37.3 Å². The van der Waals surface area contributed by atoms with Gasteiger partial charge in [-0.05, 0) is 31.6 Å². The number of phosphoric acid groups is 2. The summed E-state index contributed by atoms with van der Waals surface area (Å²) >= 11 is 0. The summed E-state index contributed by atoms with van der Waals surface area (Å²) in [6.07, 6.45) is 54.3. The zero-order valence-corrected chi connectivity index (χ0v) is 61.5. The quantitative estimate of drug-likeness (QED) is 0.0222. The molecule has 0 aromatic carbocycles. The van der Waals surface area contributed by atoms with Crippen molar-refractivity contribution >= 4 is 39.5 Å². The van der Waals surface area contributed by atoms with E-state index in [0.717, 1.165) is 89.9 Å². The highest BCUT2D eigenvalue weighted by atomic mass is 31.2. The summed E-state index contributed by atoms with van der Waals surface area (Å²) in [4.78, 5) is 72.6. The van der Waals surface area contributed by atoms with Gasteiger partial charge in [0.05, 0.1) is 26.4 Å². The number of rotatable bonds is 73. The molecule has 0 saturated heterocycles. The standard InChI is InChI=1S/C73H142O17P2/c1-6-9-12-15-18-21-23-25-27-28-29-30-31-33-35-38-43-48-53-58-72(77)89-68(62-84-71(76)57-52-47-42-37-34-32-26-24-22-19-16-13-10-7-2)64-87-91(79,80)85-60-67(74)61-86-92(81,82)88-65-69(63-83-70(75)56-51-46-41-36-20-17-14-11-8-3)90-73(78)59-54-49-44-39-40-45-50-55-66(4)5/h66-69,74H,6-65H2,1-5H3,(H,79,80)(H,81,82)/t67-,68-,69-/m1/s1. The Labute approximate surface area is 562 Å². The number of aliphatic hydroxyl groups excluding tert-OH is 1. The van der Waals surface area contributed by atoms with E-state index in [-0.39, 0.29) is 25.7 Å². The molecule has 5 atom stereocenters. The first-order chi connectivity index (χ1) is 44.5. The largest absolute Gasteiger partial charge is 0.472 e. The molecule has 2 unspecified atom stereocenters. The van der Waals surface area contributed by atoms with Gasteiger partial charge >= 0.3 is 39.5 Å². The molecule has 0 radical (unpaired) electrons. The third-order valence-corrected chi connectivity index (χ3v) is 18.9. The summed E-state index contributed by atoms with van der Waals surface area (Å²) in [5.41, 5.74) is 0. The maximum absolute atomic E-state index is 13.1. The SMILES string of the molecule is CCCCCCCCCCCCCCCCCCCCCC(=O)O[C@H](COC(=O)CCCCCCCCCCCCCCCC)COP(=O)(O)OC[C@@H](O)COP(=O)(O)OC[C@@H](COC(=O)CCCCCCCCCCC)OC(=O)CCCCCCCCCC(C)C. The van der Waals surface area contributed by atoms with Gasteiger partial charge in [-0.15, -0.1) is 0 Å². The van der Waals surface area contributed by atoms with Gasteiger partial charge in [-0.25, -0.2) is 9.13 Å². The lowest BCUT2D eigenvalue weighted by molar-refractivity contribution is -0.161. The van der Waals surface area contributed by atoms with Crippen molar-refractivity contribution in [3.63, 3.8) is 0 Å². The third-order valence-electron chi connectivity index (χ3n) is 17.0. The van der Waals surface area contributed by atoms with Crippen LogP contribution in [0.15, 0.2) is 0 Å². The molecule has 0 aromatic rings. The van der Waals surface area contributed by atoms with E-state index in [4.69, 9.17) is 37.0 Å². The summed E-state index contributed by atoms with van der Waals surface area (Å²) < 4.78 is 68.3. The number of carbonyl (C=O) groups is 4. The maximum Gasteiger partial charge on any atom is 0.472 e. The van der Waals surface area contributed by atoms with Crippen LogP contribution in [0.25, 0.3) is 0 Å². The topological polar surface area (TPSA) is 237 Å². The van der Waals surface area contributed by atoms with E-state index < -0.39 is 97.5 Å². The van der Waals surface area contributed by atoms with Gasteiger partial charge in [0.2, 0.25) is 0 Å². The van der Waals surface area contributed by atoms with Crippen LogP contribution in [-0.2, 0) is 65.4 Å². The van der Waals surface area contributed by atoms with Crippen molar-refractivity contribution in [1.29, 1.82) is 0 Å².